The molecule has 0 bridgehead atoms. The molecule has 11 heteroatoms. The van der Waals surface area contributed by atoms with Gasteiger partial charge in [0.25, 0.3) is 0 Å². The molecule has 4 amide bonds. The van der Waals surface area contributed by atoms with Crippen LogP contribution in [0.1, 0.15) is 13.3 Å². The van der Waals surface area contributed by atoms with Crippen LogP contribution in [0.4, 0.5) is 9.59 Å². The Morgan fingerprint density at radius 1 is 1.16 bits per heavy atom. The summed E-state index contributed by atoms with van der Waals surface area (Å²) in [4.78, 5) is 38.7. The van der Waals surface area contributed by atoms with Crippen molar-refractivity contribution in [3.05, 3.63) is 0 Å². The lowest BCUT2D eigenvalue weighted by Gasteiger charge is -2.33. The van der Waals surface area contributed by atoms with Gasteiger partial charge in [-0.2, -0.15) is 0 Å². The quantitative estimate of drug-likeness (QED) is 0.629. The van der Waals surface area contributed by atoms with Crippen LogP contribution < -0.4 is 10.6 Å². The second-order valence-electron chi connectivity index (χ2n) is 6.08. The summed E-state index contributed by atoms with van der Waals surface area (Å²) in [5.74, 6) is -0.510. The number of imide groups is 1. The molecule has 2 fully saturated rings. The lowest BCUT2D eigenvalue weighted by Crippen LogP contribution is -2.53. The smallest absolute Gasteiger partial charge is 0.409 e. The highest BCUT2D eigenvalue weighted by Crippen LogP contribution is 2.10. The maximum absolute atomic E-state index is 11.9. The van der Waals surface area contributed by atoms with Gasteiger partial charge in [-0.25, -0.2) is 18.0 Å². The van der Waals surface area contributed by atoms with Crippen LogP contribution in [0, 0.1) is 0 Å². The lowest BCUT2D eigenvalue weighted by molar-refractivity contribution is -0.121. The van der Waals surface area contributed by atoms with Gasteiger partial charge in [-0.05, 0) is 13.3 Å². The van der Waals surface area contributed by atoms with Crippen LogP contribution in [0.25, 0.3) is 0 Å². The second kappa shape index (κ2) is 8.48. The summed E-state index contributed by atoms with van der Waals surface area (Å²) >= 11 is 0. The Kier molecular flexibility index (Phi) is 6.59. The monoisotopic (exact) mass is 376 g/mol. The van der Waals surface area contributed by atoms with Crippen LogP contribution in [-0.4, -0.2) is 93.1 Å². The Bertz CT molecular complexity index is 615. The number of amides is 4. The normalized spacial score (nSPS) is 23.1. The Morgan fingerprint density at radius 2 is 1.84 bits per heavy atom. The zero-order valence-electron chi connectivity index (χ0n) is 14.2. The van der Waals surface area contributed by atoms with E-state index in [9.17, 15) is 22.8 Å². The summed E-state index contributed by atoms with van der Waals surface area (Å²) in [5.41, 5.74) is 0. The van der Waals surface area contributed by atoms with E-state index in [1.807, 2.05) is 4.90 Å². The van der Waals surface area contributed by atoms with E-state index in [-0.39, 0.29) is 24.1 Å². The minimum atomic E-state index is -3.09. The van der Waals surface area contributed by atoms with E-state index in [4.69, 9.17) is 4.74 Å². The van der Waals surface area contributed by atoms with Crippen molar-refractivity contribution in [1.29, 1.82) is 0 Å². The average Bonchev–Trinajstić information content (AvgIpc) is 2.86. The van der Waals surface area contributed by atoms with Gasteiger partial charge in [0.15, 0.2) is 9.84 Å². The van der Waals surface area contributed by atoms with Gasteiger partial charge in [0, 0.05) is 32.2 Å². The number of urea groups is 1. The average molecular weight is 376 g/mol. The molecular weight excluding hydrogens is 352 g/mol. The molecule has 2 aliphatic rings. The Labute approximate surface area is 146 Å². The number of nitrogens with zero attached hydrogens (tertiary/aromatic N) is 2. The molecule has 0 spiro atoms. The SMILES string of the molecule is CCOC(=O)N1CCN(CC(=O)NC(=O)NC2CCS(=O)(=O)C2)CC1. The molecule has 2 rings (SSSR count). The standard InChI is InChI=1S/C14H24N4O6S/c1-2-24-14(21)18-6-4-17(5-7-18)9-12(19)16-13(20)15-11-3-8-25(22,23)10-11/h11H,2-10H2,1H3,(H2,15,16,19,20). The maximum Gasteiger partial charge on any atom is 0.409 e. The first-order chi connectivity index (χ1) is 11.8. The number of nitrogens with one attached hydrogen (secondary N) is 2. The van der Waals surface area contributed by atoms with Crippen molar-refractivity contribution in [3.63, 3.8) is 0 Å². The van der Waals surface area contributed by atoms with Crippen LogP contribution >= 0.6 is 0 Å². The van der Waals surface area contributed by atoms with E-state index in [1.54, 1.807) is 11.8 Å². The van der Waals surface area contributed by atoms with E-state index >= 15 is 0 Å². The molecule has 25 heavy (non-hydrogen) atoms. The van der Waals surface area contributed by atoms with E-state index in [2.05, 4.69) is 10.6 Å². The van der Waals surface area contributed by atoms with Crippen LogP contribution in [0.3, 0.4) is 0 Å². The highest BCUT2D eigenvalue weighted by molar-refractivity contribution is 7.91. The fourth-order valence-electron chi connectivity index (χ4n) is 2.80. The molecule has 0 aromatic rings. The molecule has 0 aliphatic carbocycles. The van der Waals surface area contributed by atoms with Crippen LogP contribution in [0.2, 0.25) is 0 Å². The van der Waals surface area contributed by atoms with Gasteiger partial charge in [0.05, 0.1) is 24.7 Å². The predicted molar refractivity (Wildman–Crippen MR) is 88.8 cm³/mol. The van der Waals surface area contributed by atoms with Gasteiger partial charge in [0.1, 0.15) is 0 Å². The molecule has 2 saturated heterocycles. The predicted octanol–water partition coefficient (Wildman–Crippen LogP) is -1.23. The van der Waals surface area contributed by atoms with Crippen molar-refractivity contribution in [2.24, 2.45) is 0 Å². The van der Waals surface area contributed by atoms with E-state index in [0.717, 1.165) is 0 Å². The second-order valence-corrected chi connectivity index (χ2v) is 8.31. The molecule has 1 atom stereocenters. The summed E-state index contributed by atoms with van der Waals surface area (Å²) in [6.45, 7) is 4.02. The lowest BCUT2D eigenvalue weighted by atomic mass is 10.3. The minimum Gasteiger partial charge on any atom is -0.450 e. The molecule has 142 valence electrons. The van der Waals surface area contributed by atoms with Crippen molar-refractivity contribution in [2.75, 3.05) is 50.8 Å². The number of carbonyl (C=O) groups excluding carboxylic acids is 3. The fraction of sp³-hybridized carbons (Fsp3) is 0.786. The van der Waals surface area contributed by atoms with E-state index < -0.39 is 27.8 Å². The first-order valence-electron chi connectivity index (χ1n) is 8.24. The van der Waals surface area contributed by atoms with Crippen molar-refractivity contribution in [1.82, 2.24) is 20.4 Å². The molecule has 0 radical (unpaired) electrons. The minimum absolute atomic E-state index is 0.0348. The molecule has 10 nitrogen and oxygen atoms in total. The van der Waals surface area contributed by atoms with Gasteiger partial charge in [-0.3, -0.25) is 15.0 Å². The van der Waals surface area contributed by atoms with E-state index in [0.29, 0.717) is 39.2 Å². The molecule has 2 N–H and O–H groups in total. The molecule has 2 heterocycles. The number of piperazine rings is 1. The summed E-state index contributed by atoms with van der Waals surface area (Å²) in [6.07, 6.45) is -0.00255. The zero-order chi connectivity index (χ0) is 18.4. The van der Waals surface area contributed by atoms with Crippen molar-refractivity contribution < 1.29 is 27.5 Å². The summed E-state index contributed by atoms with van der Waals surface area (Å²) in [7, 11) is -3.09. The Morgan fingerprint density at radius 3 is 2.40 bits per heavy atom. The number of ether oxygens (including phenoxy) is 1. The number of sulfone groups is 1. The van der Waals surface area contributed by atoms with Gasteiger partial charge in [0.2, 0.25) is 5.91 Å². The summed E-state index contributed by atoms with van der Waals surface area (Å²) < 4.78 is 27.6. The number of rotatable bonds is 4. The fourth-order valence-corrected chi connectivity index (χ4v) is 4.48. The molecule has 0 aromatic heterocycles. The molecule has 2 aliphatic heterocycles. The maximum atomic E-state index is 11.9. The van der Waals surface area contributed by atoms with Crippen LogP contribution in [0.5, 0.6) is 0 Å². The van der Waals surface area contributed by atoms with Gasteiger partial charge in [-0.1, -0.05) is 0 Å². The number of hydrogen-bond donors (Lipinski definition) is 2. The van der Waals surface area contributed by atoms with Gasteiger partial charge >= 0.3 is 12.1 Å². The van der Waals surface area contributed by atoms with Crippen LogP contribution in [-0.2, 0) is 19.4 Å². The van der Waals surface area contributed by atoms with Crippen molar-refractivity contribution in [2.45, 2.75) is 19.4 Å². The number of carbonyl (C=O) groups is 3. The molecular formula is C14H24N4O6S. The van der Waals surface area contributed by atoms with Crippen molar-refractivity contribution >= 4 is 27.9 Å². The third-order valence-electron chi connectivity index (χ3n) is 4.09. The highest BCUT2D eigenvalue weighted by Gasteiger charge is 2.29. The molecule has 0 saturated carbocycles. The first kappa shape index (κ1) is 19.4. The first-order valence-corrected chi connectivity index (χ1v) is 10.1. The molecule has 1 unspecified atom stereocenters. The van der Waals surface area contributed by atoms with Gasteiger partial charge in [-0.15, -0.1) is 0 Å². The largest absolute Gasteiger partial charge is 0.450 e. The van der Waals surface area contributed by atoms with Gasteiger partial charge < -0.3 is 15.0 Å². The molecule has 0 aromatic carbocycles. The third kappa shape index (κ3) is 6.16. The highest BCUT2D eigenvalue weighted by atomic mass is 32.2. The van der Waals surface area contributed by atoms with Crippen molar-refractivity contribution in [3.8, 4) is 0 Å². The topological polar surface area (TPSA) is 125 Å². The summed E-state index contributed by atoms with van der Waals surface area (Å²) in [6, 6.07) is -1.14. The number of hydrogen-bond acceptors (Lipinski definition) is 7. The van der Waals surface area contributed by atoms with Crippen LogP contribution in [0.15, 0.2) is 0 Å². The Hall–Kier alpha value is -1.88. The summed E-state index contributed by atoms with van der Waals surface area (Å²) in [5, 5.41) is 4.71. The Balaban J connectivity index is 1.67. The third-order valence-corrected chi connectivity index (χ3v) is 5.85. The zero-order valence-corrected chi connectivity index (χ0v) is 15.0. The van der Waals surface area contributed by atoms with E-state index in [1.165, 1.54) is 0 Å².